The molecule has 0 N–H and O–H groups in total. The van der Waals surface area contributed by atoms with Crippen LogP contribution in [0.4, 0.5) is 0 Å². The van der Waals surface area contributed by atoms with Gasteiger partial charge in [-0.15, -0.1) is 0 Å². The highest BCUT2D eigenvalue weighted by atomic mass is 79.9. The highest BCUT2D eigenvalue weighted by Crippen LogP contribution is 2.32. The van der Waals surface area contributed by atoms with E-state index in [1.54, 1.807) is 0 Å². The second-order valence-corrected chi connectivity index (χ2v) is 4.83. The van der Waals surface area contributed by atoms with Gasteiger partial charge in [-0.3, -0.25) is 0 Å². The third-order valence-electron chi connectivity index (χ3n) is 3.15. The van der Waals surface area contributed by atoms with Gasteiger partial charge in [0.2, 0.25) is 0 Å². The molecule has 1 heteroatoms. The van der Waals surface area contributed by atoms with Crippen molar-refractivity contribution in [2.45, 2.75) is 51.9 Å². The Morgan fingerprint density at radius 1 is 1.08 bits per heavy atom. The molecule has 0 nitrogen and oxygen atoms in total. The summed E-state index contributed by atoms with van der Waals surface area (Å²) in [4.78, 5) is 0. The Balaban J connectivity index is 2.09. The van der Waals surface area contributed by atoms with E-state index in [1.165, 1.54) is 50.3 Å². The number of unbranched alkanes of at least 4 members (excludes halogenated alkanes) is 1. The molecule has 72 valence electrons. The van der Waals surface area contributed by atoms with Gasteiger partial charge in [0.25, 0.3) is 0 Å². The summed E-state index contributed by atoms with van der Waals surface area (Å²) in [6.07, 6.45) is 10.2. The maximum atomic E-state index is 3.58. The molecule has 0 saturated heterocycles. The number of rotatable bonds is 4. The lowest BCUT2D eigenvalue weighted by Gasteiger charge is -2.27. The predicted molar refractivity (Wildman–Crippen MR) is 58.8 cm³/mol. The normalized spacial score (nSPS) is 30.5. The molecule has 0 amide bonds. The molecular weight excluding hydrogens is 212 g/mol. The summed E-state index contributed by atoms with van der Waals surface area (Å²) < 4.78 is 0. The van der Waals surface area contributed by atoms with Gasteiger partial charge in [0.05, 0.1) is 0 Å². The van der Waals surface area contributed by atoms with E-state index in [2.05, 4.69) is 22.9 Å². The summed E-state index contributed by atoms with van der Waals surface area (Å²) in [5.74, 6) is 2.06. The molecule has 0 spiro atoms. The van der Waals surface area contributed by atoms with E-state index in [0.29, 0.717) is 0 Å². The smallest absolute Gasteiger partial charge is 0.00596 e. The summed E-state index contributed by atoms with van der Waals surface area (Å²) in [6, 6.07) is 0. The van der Waals surface area contributed by atoms with Crippen LogP contribution < -0.4 is 0 Å². The first-order chi connectivity index (χ1) is 5.86. The molecule has 0 aliphatic heterocycles. The first-order valence-corrected chi connectivity index (χ1v) is 6.55. The molecule has 0 radical (unpaired) electrons. The van der Waals surface area contributed by atoms with Crippen LogP contribution >= 0.6 is 15.9 Å². The van der Waals surface area contributed by atoms with Crippen molar-refractivity contribution >= 4 is 15.9 Å². The Kier molecular flexibility index (Phi) is 5.29. The van der Waals surface area contributed by atoms with Crippen LogP contribution in [0.25, 0.3) is 0 Å². The van der Waals surface area contributed by atoms with Gasteiger partial charge in [-0.1, -0.05) is 55.0 Å². The first-order valence-electron chi connectivity index (χ1n) is 5.42. The fourth-order valence-corrected chi connectivity index (χ4v) is 2.81. The lowest BCUT2D eigenvalue weighted by Crippen LogP contribution is -2.15. The molecule has 1 aliphatic rings. The lowest BCUT2D eigenvalue weighted by atomic mass is 9.81. The Morgan fingerprint density at radius 3 is 2.17 bits per heavy atom. The molecule has 0 aromatic carbocycles. The molecule has 1 rings (SSSR count). The number of alkyl halides is 1. The Hall–Kier alpha value is 0.480. The van der Waals surface area contributed by atoms with Crippen molar-refractivity contribution in [2.24, 2.45) is 11.8 Å². The van der Waals surface area contributed by atoms with Gasteiger partial charge in [-0.25, -0.2) is 0 Å². The van der Waals surface area contributed by atoms with Crippen molar-refractivity contribution in [3.8, 4) is 0 Å². The summed E-state index contributed by atoms with van der Waals surface area (Å²) in [6.45, 7) is 2.30. The minimum Gasteiger partial charge on any atom is -0.0925 e. The van der Waals surface area contributed by atoms with Crippen LogP contribution in [0.3, 0.4) is 0 Å². The van der Waals surface area contributed by atoms with Crippen molar-refractivity contribution in [1.29, 1.82) is 0 Å². The molecule has 0 aromatic rings. The van der Waals surface area contributed by atoms with Crippen LogP contribution in [0.15, 0.2) is 0 Å². The van der Waals surface area contributed by atoms with Gasteiger partial charge in [0.15, 0.2) is 0 Å². The quantitative estimate of drug-likeness (QED) is 0.632. The van der Waals surface area contributed by atoms with E-state index in [0.717, 1.165) is 11.8 Å². The Morgan fingerprint density at radius 2 is 1.67 bits per heavy atom. The molecule has 0 aromatic heterocycles. The molecule has 1 fully saturated rings. The number of hydrogen-bond donors (Lipinski definition) is 0. The van der Waals surface area contributed by atoms with Crippen molar-refractivity contribution in [1.82, 2.24) is 0 Å². The average Bonchev–Trinajstić information content (AvgIpc) is 2.15. The van der Waals surface area contributed by atoms with Crippen molar-refractivity contribution in [3.05, 3.63) is 0 Å². The van der Waals surface area contributed by atoms with Crippen molar-refractivity contribution < 1.29 is 0 Å². The maximum Gasteiger partial charge on any atom is 0.00596 e. The van der Waals surface area contributed by atoms with E-state index >= 15 is 0 Å². The van der Waals surface area contributed by atoms with Crippen LogP contribution in [0.5, 0.6) is 0 Å². The monoisotopic (exact) mass is 232 g/mol. The molecule has 0 bridgehead atoms. The minimum absolute atomic E-state index is 0.989. The highest BCUT2D eigenvalue weighted by molar-refractivity contribution is 9.09. The molecule has 0 unspecified atom stereocenters. The van der Waals surface area contributed by atoms with Gasteiger partial charge in [0, 0.05) is 5.33 Å². The third-order valence-corrected chi connectivity index (χ3v) is 4.07. The average molecular weight is 233 g/mol. The van der Waals surface area contributed by atoms with Gasteiger partial charge in [0.1, 0.15) is 0 Å². The Bertz CT molecular complexity index is 104. The van der Waals surface area contributed by atoms with Gasteiger partial charge < -0.3 is 0 Å². The molecule has 0 heterocycles. The predicted octanol–water partition coefficient (Wildman–Crippen LogP) is 4.38. The summed E-state index contributed by atoms with van der Waals surface area (Å²) in [5.41, 5.74) is 0. The summed E-state index contributed by atoms with van der Waals surface area (Å²) in [7, 11) is 0. The van der Waals surface area contributed by atoms with E-state index in [-0.39, 0.29) is 0 Å². The van der Waals surface area contributed by atoms with Crippen LogP contribution in [0, 0.1) is 11.8 Å². The molecular formula is C11H21Br. The molecule has 12 heavy (non-hydrogen) atoms. The van der Waals surface area contributed by atoms with Crippen molar-refractivity contribution in [2.75, 3.05) is 5.33 Å². The number of halogens is 1. The molecule has 1 saturated carbocycles. The topological polar surface area (TPSA) is 0 Å². The maximum absolute atomic E-state index is 3.58. The van der Waals surface area contributed by atoms with Crippen LogP contribution in [0.1, 0.15) is 51.9 Å². The van der Waals surface area contributed by atoms with Crippen LogP contribution in [0.2, 0.25) is 0 Å². The minimum atomic E-state index is 0.989. The third kappa shape index (κ3) is 3.47. The first kappa shape index (κ1) is 10.6. The summed E-state index contributed by atoms with van der Waals surface area (Å²) >= 11 is 3.58. The van der Waals surface area contributed by atoms with E-state index in [9.17, 15) is 0 Å². The van der Waals surface area contributed by atoms with Crippen LogP contribution in [-0.4, -0.2) is 5.33 Å². The zero-order valence-corrected chi connectivity index (χ0v) is 9.78. The van der Waals surface area contributed by atoms with Crippen molar-refractivity contribution in [3.63, 3.8) is 0 Å². The zero-order valence-electron chi connectivity index (χ0n) is 8.19. The molecule has 1 aliphatic carbocycles. The summed E-state index contributed by atoms with van der Waals surface area (Å²) in [5, 5.41) is 1.23. The van der Waals surface area contributed by atoms with Gasteiger partial charge in [-0.2, -0.15) is 0 Å². The van der Waals surface area contributed by atoms with Gasteiger partial charge >= 0.3 is 0 Å². The van der Waals surface area contributed by atoms with E-state index in [4.69, 9.17) is 0 Å². The fraction of sp³-hybridized carbons (Fsp3) is 1.00. The SMILES string of the molecule is CCCC[C@H]1CC[C@H](CBr)CC1. The zero-order chi connectivity index (χ0) is 8.81. The largest absolute Gasteiger partial charge is 0.0925 e. The van der Waals surface area contributed by atoms with Gasteiger partial charge in [-0.05, 0) is 24.7 Å². The Labute approximate surface area is 85.3 Å². The van der Waals surface area contributed by atoms with E-state index in [1.807, 2.05) is 0 Å². The standard InChI is InChI=1S/C11H21Br/c1-2-3-4-10-5-7-11(9-12)8-6-10/h10-11H,2-9H2,1H3/t10-,11-. The van der Waals surface area contributed by atoms with E-state index < -0.39 is 0 Å². The number of hydrogen-bond acceptors (Lipinski definition) is 0. The second kappa shape index (κ2) is 6.01. The highest BCUT2D eigenvalue weighted by Gasteiger charge is 2.19. The van der Waals surface area contributed by atoms with Crippen LogP contribution in [-0.2, 0) is 0 Å². The molecule has 0 atom stereocenters. The fourth-order valence-electron chi connectivity index (χ4n) is 2.17. The second-order valence-electron chi connectivity index (χ2n) is 4.18. The lowest BCUT2D eigenvalue weighted by molar-refractivity contribution is 0.277.